The van der Waals surface area contributed by atoms with Gasteiger partial charge in [0.2, 0.25) is 0 Å². The zero-order chi connectivity index (χ0) is 26.6. The maximum atomic E-state index is 13.2. The van der Waals surface area contributed by atoms with Gasteiger partial charge in [-0.15, -0.1) is 0 Å². The lowest BCUT2D eigenvalue weighted by Crippen LogP contribution is -2.65. The highest BCUT2D eigenvalue weighted by Gasteiger charge is 2.65. The summed E-state index contributed by atoms with van der Waals surface area (Å²) in [6, 6.07) is 5.46. The first-order chi connectivity index (χ1) is 17.5. The minimum absolute atomic E-state index is 0.0355. The molecule has 2 aliphatic carbocycles. The van der Waals surface area contributed by atoms with Crippen LogP contribution in [-0.2, 0) is 25.5 Å². The Kier molecular flexibility index (Phi) is 6.20. The first-order valence-electron chi connectivity index (χ1n) is 13.0. The van der Waals surface area contributed by atoms with E-state index in [1.807, 2.05) is 12.1 Å². The third kappa shape index (κ3) is 4.24. The lowest BCUT2D eigenvalue weighted by atomic mass is 9.43. The molecule has 2 aromatic heterocycles. The Labute approximate surface area is 216 Å². The highest BCUT2D eigenvalue weighted by Crippen LogP contribution is 2.65. The van der Waals surface area contributed by atoms with Crippen molar-refractivity contribution < 1.29 is 28.2 Å². The van der Waals surface area contributed by atoms with Crippen molar-refractivity contribution >= 4 is 11.9 Å². The van der Waals surface area contributed by atoms with Gasteiger partial charge in [-0.3, -0.25) is 14.6 Å². The highest BCUT2D eigenvalue weighted by atomic mass is 16.6. The summed E-state index contributed by atoms with van der Waals surface area (Å²) in [4.78, 5) is 41.1. The van der Waals surface area contributed by atoms with Gasteiger partial charge >= 0.3 is 17.6 Å². The van der Waals surface area contributed by atoms with Gasteiger partial charge < -0.3 is 18.6 Å². The van der Waals surface area contributed by atoms with Crippen LogP contribution < -0.4 is 10.4 Å². The quantitative estimate of drug-likeness (QED) is 0.545. The van der Waals surface area contributed by atoms with Crippen LogP contribution in [0.2, 0.25) is 0 Å². The lowest BCUT2D eigenvalue weighted by Gasteiger charge is -2.64. The molecule has 2 aromatic rings. The van der Waals surface area contributed by atoms with E-state index in [0.717, 1.165) is 24.8 Å². The molecule has 198 valence electrons. The molecule has 0 radical (unpaired) electrons. The Hall–Kier alpha value is -3.16. The predicted molar refractivity (Wildman–Crippen MR) is 135 cm³/mol. The first kappa shape index (κ1) is 25.5. The molecule has 3 aliphatic rings. The van der Waals surface area contributed by atoms with Gasteiger partial charge in [0.05, 0.1) is 5.56 Å². The molecule has 0 N–H and O–H groups in total. The fourth-order valence-corrected chi connectivity index (χ4v) is 7.60. The number of pyridine rings is 1. The van der Waals surface area contributed by atoms with Gasteiger partial charge in [-0.05, 0) is 62.5 Å². The lowest BCUT2D eigenvalue weighted by molar-refractivity contribution is -0.219. The van der Waals surface area contributed by atoms with Gasteiger partial charge in [-0.2, -0.15) is 0 Å². The maximum Gasteiger partial charge on any atom is 0.343 e. The molecule has 0 bridgehead atoms. The summed E-state index contributed by atoms with van der Waals surface area (Å²) in [5.41, 5.74) is -0.375. The van der Waals surface area contributed by atoms with E-state index in [4.69, 9.17) is 18.6 Å². The second-order valence-corrected chi connectivity index (χ2v) is 11.7. The van der Waals surface area contributed by atoms with Crippen LogP contribution in [0.25, 0.3) is 11.3 Å². The van der Waals surface area contributed by atoms with Crippen LogP contribution in [-0.4, -0.2) is 35.2 Å². The van der Waals surface area contributed by atoms with Crippen LogP contribution in [0.1, 0.15) is 65.9 Å². The Bertz CT molecular complexity index is 1270. The number of hydrogen-bond donors (Lipinski definition) is 0. The SMILES string of the molecule is CC(=O)OCC1(C)[C@@H](OC(C)=O)CC[C@]2(C)[C@H]3Cc4c(cc(-c5cccnc5)oc4=O)O[C@]3(C)CC[C@@H]12. The molecule has 8 heteroatoms. The molecule has 37 heavy (non-hydrogen) atoms. The van der Waals surface area contributed by atoms with Gasteiger partial charge in [0.25, 0.3) is 0 Å². The molecule has 0 spiro atoms. The normalized spacial score (nSPS) is 34.2. The Balaban J connectivity index is 1.53. The number of carbonyl (C=O) groups is 2. The van der Waals surface area contributed by atoms with Crippen LogP contribution in [0.15, 0.2) is 39.8 Å². The molecule has 3 heterocycles. The highest BCUT2D eigenvalue weighted by molar-refractivity contribution is 5.67. The van der Waals surface area contributed by atoms with Crippen molar-refractivity contribution in [2.45, 2.75) is 78.4 Å². The standard InChI is InChI=1S/C29H35NO7/c1-17(31)34-16-28(4)23-8-11-29(5)24(27(23,3)10-9-25(28)35-18(2)32)13-20-22(37-29)14-21(36-26(20)33)19-7-6-12-30-15-19/h6-7,12,14-15,23-25H,8-11,13,16H2,1-5H3/t23-,24-,25+,27+,28?,29-/m1/s1. The van der Waals surface area contributed by atoms with Gasteiger partial charge in [0.15, 0.2) is 0 Å². The van der Waals surface area contributed by atoms with Crippen molar-refractivity contribution in [2.75, 3.05) is 6.61 Å². The summed E-state index contributed by atoms with van der Waals surface area (Å²) in [6.45, 7) is 9.47. The number of rotatable bonds is 4. The van der Waals surface area contributed by atoms with E-state index in [2.05, 4.69) is 25.8 Å². The van der Waals surface area contributed by atoms with Crippen molar-refractivity contribution in [2.24, 2.45) is 22.7 Å². The minimum Gasteiger partial charge on any atom is -0.487 e. The van der Waals surface area contributed by atoms with E-state index in [9.17, 15) is 14.4 Å². The summed E-state index contributed by atoms with van der Waals surface area (Å²) < 4.78 is 23.8. The number of esters is 2. The fraction of sp³-hybridized carbons (Fsp3) is 0.586. The number of ether oxygens (including phenoxy) is 3. The van der Waals surface area contributed by atoms with Crippen molar-refractivity contribution in [1.29, 1.82) is 0 Å². The third-order valence-electron chi connectivity index (χ3n) is 9.34. The zero-order valence-corrected chi connectivity index (χ0v) is 22.2. The maximum absolute atomic E-state index is 13.2. The fourth-order valence-electron chi connectivity index (χ4n) is 7.60. The predicted octanol–water partition coefficient (Wildman–Crippen LogP) is 4.72. The number of fused-ring (bicyclic) bond motifs is 4. The molecule has 8 nitrogen and oxygen atoms in total. The topological polar surface area (TPSA) is 105 Å². The van der Waals surface area contributed by atoms with Gasteiger partial charge in [0, 0.05) is 49.2 Å². The second kappa shape index (κ2) is 8.99. The number of aromatic nitrogens is 1. The molecule has 6 atom stereocenters. The van der Waals surface area contributed by atoms with E-state index in [0.29, 0.717) is 29.9 Å². The number of nitrogens with zero attached hydrogens (tertiary/aromatic N) is 1. The van der Waals surface area contributed by atoms with Gasteiger partial charge in [-0.25, -0.2) is 4.79 Å². The summed E-state index contributed by atoms with van der Waals surface area (Å²) in [5.74, 6) is 0.463. The van der Waals surface area contributed by atoms with Crippen LogP contribution in [0.3, 0.4) is 0 Å². The van der Waals surface area contributed by atoms with Crippen molar-refractivity contribution in [3.8, 4) is 17.1 Å². The van der Waals surface area contributed by atoms with Crippen LogP contribution >= 0.6 is 0 Å². The van der Waals surface area contributed by atoms with Gasteiger partial charge in [0.1, 0.15) is 29.8 Å². The van der Waals surface area contributed by atoms with Crippen LogP contribution in [0.5, 0.6) is 5.75 Å². The van der Waals surface area contributed by atoms with Crippen molar-refractivity contribution in [3.63, 3.8) is 0 Å². The monoisotopic (exact) mass is 509 g/mol. The van der Waals surface area contributed by atoms with Crippen molar-refractivity contribution in [3.05, 3.63) is 46.6 Å². The molecule has 1 unspecified atom stereocenters. The van der Waals surface area contributed by atoms with Crippen LogP contribution in [0, 0.1) is 22.7 Å². The summed E-state index contributed by atoms with van der Waals surface area (Å²) in [6.07, 6.45) is 6.57. The molecular weight excluding hydrogens is 474 g/mol. The molecular formula is C29H35NO7. The Morgan fingerprint density at radius 3 is 2.57 bits per heavy atom. The summed E-state index contributed by atoms with van der Waals surface area (Å²) >= 11 is 0. The second-order valence-electron chi connectivity index (χ2n) is 11.7. The molecule has 1 aliphatic heterocycles. The largest absolute Gasteiger partial charge is 0.487 e. The van der Waals surface area contributed by atoms with E-state index >= 15 is 0 Å². The molecule has 0 amide bonds. The third-order valence-corrected chi connectivity index (χ3v) is 9.34. The molecule has 0 saturated heterocycles. The molecule has 2 fully saturated rings. The molecule has 0 aromatic carbocycles. The molecule has 2 saturated carbocycles. The van der Waals surface area contributed by atoms with E-state index in [1.165, 1.54) is 13.8 Å². The van der Waals surface area contributed by atoms with Crippen LogP contribution in [0.4, 0.5) is 0 Å². The molecule has 5 rings (SSSR count). The summed E-state index contributed by atoms with van der Waals surface area (Å²) in [5, 5.41) is 0. The van der Waals surface area contributed by atoms with E-state index in [1.54, 1.807) is 18.5 Å². The average Bonchev–Trinajstić information content (AvgIpc) is 2.84. The zero-order valence-electron chi connectivity index (χ0n) is 22.2. The number of hydrogen-bond acceptors (Lipinski definition) is 8. The Morgan fingerprint density at radius 2 is 1.89 bits per heavy atom. The van der Waals surface area contributed by atoms with E-state index in [-0.39, 0.29) is 47.5 Å². The number of carbonyl (C=O) groups excluding carboxylic acids is 2. The minimum atomic E-state index is -0.555. The first-order valence-corrected chi connectivity index (χ1v) is 13.0. The summed E-state index contributed by atoms with van der Waals surface area (Å²) in [7, 11) is 0. The van der Waals surface area contributed by atoms with Crippen molar-refractivity contribution in [1.82, 2.24) is 4.98 Å². The van der Waals surface area contributed by atoms with E-state index < -0.39 is 11.0 Å². The smallest absolute Gasteiger partial charge is 0.343 e. The van der Waals surface area contributed by atoms with Gasteiger partial charge in [-0.1, -0.05) is 13.8 Å². The Morgan fingerprint density at radius 1 is 1.11 bits per heavy atom. The average molecular weight is 510 g/mol.